The van der Waals surface area contributed by atoms with Gasteiger partial charge in [-0.1, -0.05) is 29.3 Å². The zero-order chi connectivity index (χ0) is 15.8. The van der Waals surface area contributed by atoms with Gasteiger partial charge in [0.05, 0.1) is 12.7 Å². The van der Waals surface area contributed by atoms with Crippen molar-refractivity contribution in [2.24, 2.45) is 0 Å². The summed E-state index contributed by atoms with van der Waals surface area (Å²) in [5, 5.41) is 13.5. The van der Waals surface area contributed by atoms with E-state index in [9.17, 15) is 9.90 Å². The van der Waals surface area contributed by atoms with Gasteiger partial charge in [-0.15, -0.1) is 6.58 Å². The number of hydrogen-bond donors (Lipinski definition) is 2. The third-order valence-corrected chi connectivity index (χ3v) is 3.23. The fourth-order valence-corrected chi connectivity index (χ4v) is 2.17. The average Bonchev–Trinajstić information content (AvgIpc) is 2.43. The number of ether oxygens (including phenoxy) is 1. The zero-order valence-electron chi connectivity index (χ0n) is 11.8. The SMILES string of the molecule is C=CCCOC(C)C(=O)NCC(O)c1cc(Cl)cc(Cl)c1. The van der Waals surface area contributed by atoms with Gasteiger partial charge in [0.2, 0.25) is 5.91 Å². The van der Waals surface area contributed by atoms with Gasteiger partial charge < -0.3 is 15.2 Å². The molecular formula is C15H19Cl2NO3. The molecule has 21 heavy (non-hydrogen) atoms. The van der Waals surface area contributed by atoms with E-state index < -0.39 is 12.2 Å². The Kier molecular flexibility index (Phi) is 7.75. The number of aliphatic hydroxyl groups excluding tert-OH is 1. The van der Waals surface area contributed by atoms with Gasteiger partial charge in [0.15, 0.2) is 0 Å². The molecule has 0 heterocycles. The van der Waals surface area contributed by atoms with Crippen molar-refractivity contribution in [2.75, 3.05) is 13.2 Å². The third kappa shape index (κ3) is 6.48. The molecule has 0 aliphatic carbocycles. The van der Waals surface area contributed by atoms with Crippen LogP contribution in [0.4, 0.5) is 0 Å². The molecule has 0 aromatic heterocycles. The first-order chi connectivity index (χ1) is 9.93. The van der Waals surface area contributed by atoms with E-state index in [1.54, 1.807) is 31.2 Å². The molecular weight excluding hydrogens is 313 g/mol. The number of amides is 1. The van der Waals surface area contributed by atoms with Gasteiger partial charge in [-0.3, -0.25) is 4.79 Å². The van der Waals surface area contributed by atoms with E-state index >= 15 is 0 Å². The summed E-state index contributed by atoms with van der Waals surface area (Å²) in [4.78, 5) is 11.8. The molecule has 2 atom stereocenters. The molecule has 6 heteroatoms. The maximum atomic E-state index is 11.8. The number of aliphatic hydroxyl groups is 1. The minimum Gasteiger partial charge on any atom is -0.387 e. The van der Waals surface area contributed by atoms with Crippen LogP contribution >= 0.6 is 23.2 Å². The van der Waals surface area contributed by atoms with Crippen LogP contribution in [0.3, 0.4) is 0 Å². The fraction of sp³-hybridized carbons (Fsp3) is 0.400. The molecule has 2 N–H and O–H groups in total. The number of carbonyl (C=O) groups is 1. The molecule has 0 radical (unpaired) electrons. The summed E-state index contributed by atoms with van der Waals surface area (Å²) in [6, 6.07) is 4.79. The standard InChI is InChI=1S/C15H19Cl2NO3/c1-3-4-5-21-10(2)15(20)18-9-14(19)11-6-12(16)8-13(17)7-11/h3,6-8,10,14,19H,1,4-5,9H2,2H3,(H,18,20). The lowest BCUT2D eigenvalue weighted by Gasteiger charge is -2.16. The summed E-state index contributed by atoms with van der Waals surface area (Å²) in [6.45, 7) is 5.72. The molecule has 1 aromatic rings. The lowest BCUT2D eigenvalue weighted by molar-refractivity contribution is -0.132. The maximum absolute atomic E-state index is 11.8. The van der Waals surface area contributed by atoms with E-state index in [-0.39, 0.29) is 12.5 Å². The number of hydrogen-bond acceptors (Lipinski definition) is 3. The second-order valence-corrected chi connectivity index (χ2v) is 5.43. The lowest BCUT2D eigenvalue weighted by Crippen LogP contribution is -2.37. The van der Waals surface area contributed by atoms with Gasteiger partial charge >= 0.3 is 0 Å². The molecule has 0 bridgehead atoms. The highest BCUT2D eigenvalue weighted by Crippen LogP contribution is 2.23. The first-order valence-corrected chi connectivity index (χ1v) is 7.34. The van der Waals surface area contributed by atoms with Crippen LogP contribution in [0.25, 0.3) is 0 Å². The smallest absolute Gasteiger partial charge is 0.248 e. The molecule has 0 fully saturated rings. The summed E-state index contributed by atoms with van der Waals surface area (Å²) in [6.07, 6.45) is 0.934. The van der Waals surface area contributed by atoms with E-state index in [0.29, 0.717) is 28.6 Å². The Bertz CT molecular complexity index is 474. The molecule has 1 aromatic carbocycles. The molecule has 0 aliphatic rings. The van der Waals surface area contributed by atoms with Crippen LogP contribution < -0.4 is 5.32 Å². The summed E-state index contributed by atoms with van der Waals surface area (Å²) in [7, 11) is 0. The van der Waals surface area contributed by atoms with Crippen molar-refractivity contribution in [2.45, 2.75) is 25.6 Å². The molecule has 1 rings (SSSR count). The molecule has 1 amide bonds. The van der Waals surface area contributed by atoms with Crippen LogP contribution in [-0.2, 0) is 9.53 Å². The zero-order valence-corrected chi connectivity index (χ0v) is 13.3. The van der Waals surface area contributed by atoms with Gasteiger partial charge in [-0.05, 0) is 37.1 Å². The number of halogens is 2. The van der Waals surface area contributed by atoms with Crippen LogP contribution in [0.1, 0.15) is 25.0 Å². The van der Waals surface area contributed by atoms with Gasteiger partial charge in [0, 0.05) is 16.6 Å². The summed E-state index contributed by atoms with van der Waals surface area (Å²) >= 11 is 11.7. The van der Waals surface area contributed by atoms with Crippen LogP contribution in [0, 0.1) is 0 Å². The van der Waals surface area contributed by atoms with Crippen molar-refractivity contribution in [3.8, 4) is 0 Å². The van der Waals surface area contributed by atoms with Crippen molar-refractivity contribution in [1.82, 2.24) is 5.32 Å². The molecule has 0 aliphatic heterocycles. The molecule has 4 nitrogen and oxygen atoms in total. The van der Waals surface area contributed by atoms with E-state index in [1.165, 1.54) is 0 Å². The van der Waals surface area contributed by atoms with Gasteiger partial charge in [-0.25, -0.2) is 0 Å². The Morgan fingerprint density at radius 1 is 1.43 bits per heavy atom. The Labute approximate surface area is 134 Å². The average molecular weight is 332 g/mol. The highest BCUT2D eigenvalue weighted by molar-refractivity contribution is 6.34. The van der Waals surface area contributed by atoms with Crippen LogP contribution in [-0.4, -0.2) is 30.3 Å². The monoisotopic (exact) mass is 331 g/mol. The number of carbonyl (C=O) groups excluding carboxylic acids is 1. The number of benzene rings is 1. The predicted octanol–water partition coefficient (Wildman–Crippen LogP) is 3.12. The minimum atomic E-state index is -0.884. The molecule has 0 saturated carbocycles. The molecule has 2 unspecified atom stereocenters. The van der Waals surface area contributed by atoms with Crippen molar-refractivity contribution < 1.29 is 14.6 Å². The lowest BCUT2D eigenvalue weighted by atomic mass is 10.1. The third-order valence-electron chi connectivity index (χ3n) is 2.80. The summed E-state index contributed by atoms with van der Waals surface area (Å²) < 4.78 is 5.31. The second kappa shape index (κ2) is 9.05. The summed E-state index contributed by atoms with van der Waals surface area (Å²) in [5.41, 5.74) is 0.549. The Morgan fingerprint density at radius 3 is 2.62 bits per heavy atom. The normalized spacial score (nSPS) is 13.5. The topological polar surface area (TPSA) is 58.6 Å². The highest BCUT2D eigenvalue weighted by atomic mass is 35.5. The minimum absolute atomic E-state index is 0.0602. The summed E-state index contributed by atoms with van der Waals surface area (Å²) in [5.74, 6) is -0.286. The van der Waals surface area contributed by atoms with Gasteiger partial charge in [-0.2, -0.15) is 0 Å². The second-order valence-electron chi connectivity index (χ2n) is 4.55. The van der Waals surface area contributed by atoms with Crippen molar-refractivity contribution in [1.29, 1.82) is 0 Å². The number of rotatable bonds is 8. The quantitative estimate of drug-likeness (QED) is 0.568. The van der Waals surface area contributed by atoms with Crippen LogP contribution in [0.15, 0.2) is 30.9 Å². The van der Waals surface area contributed by atoms with Gasteiger partial charge in [0.1, 0.15) is 6.10 Å². The fourth-order valence-electron chi connectivity index (χ4n) is 1.63. The first-order valence-electron chi connectivity index (χ1n) is 6.58. The van der Waals surface area contributed by atoms with E-state index in [2.05, 4.69) is 11.9 Å². The van der Waals surface area contributed by atoms with Crippen LogP contribution in [0.2, 0.25) is 10.0 Å². The van der Waals surface area contributed by atoms with Crippen molar-refractivity contribution in [3.05, 3.63) is 46.5 Å². The molecule has 116 valence electrons. The largest absolute Gasteiger partial charge is 0.387 e. The molecule has 0 saturated heterocycles. The van der Waals surface area contributed by atoms with Crippen LogP contribution in [0.5, 0.6) is 0 Å². The number of nitrogens with one attached hydrogen (secondary N) is 1. The first kappa shape index (κ1) is 18.0. The van der Waals surface area contributed by atoms with E-state index in [0.717, 1.165) is 0 Å². The maximum Gasteiger partial charge on any atom is 0.248 e. The van der Waals surface area contributed by atoms with E-state index in [4.69, 9.17) is 27.9 Å². The highest BCUT2D eigenvalue weighted by Gasteiger charge is 2.15. The molecule has 0 spiro atoms. The van der Waals surface area contributed by atoms with Crippen molar-refractivity contribution in [3.63, 3.8) is 0 Å². The Morgan fingerprint density at radius 2 is 2.05 bits per heavy atom. The van der Waals surface area contributed by atoms with Gasteiger partial charge in [0.25, 0.3) is 0 Å². The predicted molar refractivity (Wildman–Crippen MR) is 84.7 cm³/mol. The van der Waals surface area contributed by atoms with E-state index in [1.807, 2.05) is 0 Å². The Hall–Kier alpha value is -1.07. The van der Waals surface area contributed by atoms with Crippen molar-refractivity contribution >= 4 is 29.1 Å². The Balaban J connectivity index is 2.46.